The van der Waals surface area contributed by atoms with Crippen LogP contribution in [-0.2, 0) is 11.2 Å². The first-order chi connectivity index (χ1) is 8.97. The summed E-state index contributed by atoms with van der Waals surface area (Å²) < 4.78 is 0. The molecular formula is C13H19N3O3. The van der Waals surface area contributed by atoms with Crippen molar-refractivity contribution in [1.82, 2.24) is 4.90 Å². The summed E-state index contributed by atoms with van der Waals surface area (Å²) in [5.41, 5.74) is 12.1. The molecule has 1 saturated heterocycles. The van der Waals surface area contributed by atoms with Gasteiger partial charge in [0, 0.05) is 19.0 Å². The van der Waals surface area contributed by atoms with Gasteiger partial charge in [-0.1, -0.05) is 12.1 Å². The number of hydrogen-bond acceptors (Lipinski definition) is 5. The van der Waals surface area contributed by atoms with Crippen molar-refractivity contribution < 1.29 is 15.0 Å². The van der Waals surface area contributed by atoms with Crippen LogP contribution in [0.2, 0.25) is 0 Å². The van der Waals surface area contributed by atoms with Gasteiger partial charge in [-0.15, -0.1) is 0 Å². The van der Waals surface area contributed by atoms with E-state index in [1.54, 1.807) is 29.2 Å². The molecule has 104 valence electrons. The number of primary amides is 1. The fraction of sp³-hybridized carbons (Fsp3) is 0.462. The normalized spacial score (nSPS) is 25.4. The maximum atomic E-state index is 11.6. The number of nitrogens with zero attached hydrogens (tertiary/aromatic N) is 1. The van der Waals surface area contributed by atoms with Crippen LogP contribution in [0.15, 0.2) is 24.3 Å². The molecule has 0 radical (unpaired) electrons. The van der Waals surface area contributed by atoms with Crippen molar-refractivity contribution >= 4 is 5.91 Å². The van der Waals surface area contributed by atoms with Gasteiger partial charge in [0.1, 0.15) is 12.0 Å². The van der Waals surface area contributed by atoms with E-state index in [1.807, 2.05) is 0 Å². The predicted molar refractivity (Wildman–Crippen MR) is 70.1 cm³/mol. The van der Waals surface area contributed by atoms with E-state index in [1.165, 1.54) is 0 Å². The molecule has 1 aliphatic rings. The lowest BCUT2D eigenvalue weighted by molar-refractivity contribution is -0.126. The number of nitrogens with two attached hydrogens (primary N) is 2. The van der Waals surface area contributed by atoms with E-state index in [0.29, 0.717) is 19.4 Å². The Hall–Kier alpha value is -1.63. The van der Waals surface area contributed by atoms with E-state index in [9.17, 15) is 15.0 Å². The van der Waals surface area contributed by atoms with Gasteiger partial charge in [0.2, 0.25) is 5.91 Å². The molecule has 0 aromatic heterocycles. The maximum Gasteiger partial charge on any atom is 0.235 e. The summed E-state index contributed by atoms with van der Waals surface area (Å²) in [6.45, 7) is 0.451. The summed E-state index contributed by atoms with van der Waals surface area (Å²) in [6, 6.07) is 5.84. The monoisotopic (exact) mass is 265 g/mol. The largest absolute Gasteiger partial charge is 0.508 e. The van der Waals surface area contributed by atoms with Crippen molar-refractivity contribution in [2.45, 2.75) is 31.2 Å². The lowest BCUT2D eigenvalue weighted by atomic mass is 10.0. The van der Waals surface area contributed by atoms with Crippen molar-refractivity contribution in [3.63, 3.8) is 0 Å². The molecule has 0 spiro atoms. The molecule has 6 heteroatoms. The van der Waals surface area contributed by atoms with Gasteiger partial charge in [-0.2, -0.15) is 0 Å². The number of phenols is 1. The Kier molecular flexibility index (Phi) is 4.04. The number of benzene rings is 1. The van der Waals surface area contributed by atoms with Crippen LogP contribution in [0.3, 0.4) is 0 Å². The standard InChI is InChI=1S/C13H19N3O3/c14-9-6-12(18)16(7-9)11(13(15)19)5-8-1-3-10(17)4-2-8/h1-4,9,11-12,17-18H,5-7,14H2,(H2,15,19). The highest BCUT2D eigenvalue weighted by molar-refractivity contribution is 5.80. The van der Waals surface area contributed by atoms with Crippen molar-refractivity contribution in [2.75, 3.05) is 6.54 Å². The first-order valence-electron chi connectivity index (χ1n) is 6.24. The van der Waals surface area contributed by atoms with Gasteiger partial charge in [0.15, 0.2) is 0 Å². The van der Waals surface area contributed by atoms with Gasteiger partial charge in [-0.05, 0) is 24.1 Å². The number of aliphatic hydroxyl groups excluding tert-OH is 1. The van der Waals surface area contributed by atoms with Crippen LogP contribution in [0.25, 0.3) is 0 Å². The van der Waals surface area contributed by atoms with Crippen molar-refractivity contribution in [2.24, 2.45) is 11.5 Å². The first-order valence-corrected chi connectivity index (χ1v) is 6.24. The molecule has 1 fully saturated rings. The Morgan fingerprint density at radius 3 is 2.53 bits per heavy atom. The fourth-order valence-electron chi connectivity index (χ4n) is 2.44. The molecule has 6 nitrogen and oxygen atoms in total. The third kappa shape index (κ3) is 3.23. The minimum atomic E-state index is -0.732. The number of rotatable bonds is 4. The number of likely N-dealkylation sites (tertiary alicyclic amines) is 1. The highest BCUT2D eigenvalue weighted by Crippen LogP contribution is 2.20. The minimum absolute atomic E-state index is 0.142. The summed E-state index contributed by atoms with van der Waals surface area (Å²) in [7, 11) is 0. The molecule has 1 aromatic carbocycles. The minimum Gasteiger partial charge on any atom is -0.508 e. The van der Waals surface area contributed by atoms with Gasteiger partial charge in [0.25, 0.3) is 0 Å². The van der Waals surface area contributed by atoms with E-state index in [-0.39, 0.29) is 11.8 Å². The number of hydrogen-bond donors (Lipinski definition) is 4. The Morgan fingerprint density at radius 2 is 2.05 bits per heavy atom. The van der Waals surface area contributed by atoms with E-state index in [4.69, 9.17) is 11.5 Å². The van der Waals surface area contributed by atoms with Crippen molar-refractivity contribution in [1.29, 1.82) is 0 Å². The Bertz CT molecular complexity index is 449. The molecule has 1 heterocycles. The zero-order valence-corrected chi connectivity index (χ0v) is 10.6. The average Bonchev–Trinajstić information content (AvgIpc) is 2.67. The third-order valence-corrected chi connectivity index (χ3v) is 3.44. The van der Waals surface area contributed by atoms with E-state index >= 15 is 0 Å². The summed E-state index contributed by atoms with van der Waals surface area (Å²) >= 11 is 0. The number of aliphatic hydroxyl groups is 1. The third-order valence-electron chi connectivity index (χ3n) is 3.44. The Morgan fingerprint density at radius 1 is 1.42 bits per heavy atom. The number of phenolic OH excluding ortho intramolecular Hbond substituents is 1. The second kappa shape index (κ2) is 5.56. The molecule has 6 N–H and O–H groups in total. The van der Waals surface area contributed by atoms with Gasteiger partial charge in [0.05, 0.1) is 6.04 Å². The molecule has 19 heavy (non-hydrogen) atoms. The molecule has 1 aromatic rings. The molecule has 3 atom stereocenters. The van der Waals surface area contributed by atoms with Gasteiger partial charge < -0.3 is 21.7 Å². The molecular weight excluding hydrogens is 246 g/mol. The van der Waals surface area contributed by atoms with E-state index in [0.717, 1.165) is 5.56 Å². The lowest BCUT2D eigenvalue weighted by Crippen LogP contribution is -2.49. The molecule has 1 amide bonds. The summed E-state index contributed by atoms with van der Waals surface area (Å²) in [5, 5.41) is 19.1. The summed E-state index contributed by atoms with van der Waals surface area (Å²) in [6.07, 6.45) is 0.100. The topological polar surface area (TPSA) is 113 Å². The van der Waals surface area contributed by atoms with E-state index < -0.39 is 18.2 Å². The zero-order valence-electron chi connectivity index (χ0n) is 10.6. The highest BCUT2D eigenvalue weighted by Gasteiger charge is 2.36. The summed E-state index contributed by atoms with van der Waals surface area (Å²) in [4.78, 5) is 13.2. The average molecular weight is 265 g/mol. The van der Waals surface area contributed by atoms with Crippen LogP contribution in [0, 0.1) is 0 Å². The smallest absolute Gasteiger partial charge is 0.235 e. The second-order valence-corrected chi connectivity index (χ2v) is 4.96. The van der Waals surface area contributed by atoms with Crippen molar-refractivity contribution in [3.05, 3.63) is 29.8 Å². The highest BCUT2D eigenvalue weighted by atomic mass is 16.3. The molecule has 0 aliphatic carbocycles. The van der Waals surface area contributed by atoms with Gasteiger partial charge in [-0.25, -0.2) is 0 Å². The number of carbonyl (C=O) groups excluding carboxylic acids is 1. The van der Waals surface area contributed by atoms with Crippen LogP contribution < -0.4 is 11.5 Å². The second-order valence-electron chi connectivity index (χ2n) is 4.96. The van der Waals surface area contributed by atoms with E-state index in [2.05, 4.69) is 0 Å². The molecule has 2 rings (SSSR count). The Balaban J connectivity index is 2.12. The number of aromatic hydroxyl groups is 1. The molecule has 0 saturated carbocycles. The number of carbonyl (C=O) groups is 1. The van der Waals surface area contributed by atoms with Gasteiger partial charge in [-0.3, -0.25) is 9.69 Å². The quantitative estimate of drug-likeness (QED) is 0.566. The van der Waals surface area contributed by atoms with Crippen LogP contribution in [0.5, 0.6) is 5.75 Å². The molecule has 3 unspecified atom stereocenters. The first kappa shape index (κ1) is 13.8. The molecule has 1 aliphatic heterocycles. The summed E-state index contributed by atoms with van der Waals surface area (Å²) in [5.74, 6) is -0.316. The van der Waals surface area contributed by atoms with Crippen LogP contribution in [0.4, 0.5) is 0 Å². The fourth-order valence-corrected chi connectivity index (χ4v) is 2.44. The lowest BCUT2D eigenvalue weighted by Gasteiger charge is -2.28. The Labute approximate surface area is 111 Å². The van der Waals surface area contributed by atoms with Crippen LogP contribution >= 0.6 is 0 Å². The predicted octanol–water partition coefficient (Wildman–Crippen LogP) is -0.860. The maximum absolute atomic E-state index is 11.6. The van der Waals surface area contributed by atoms with Crippen molar-refractivity contribution in [3.8, 4) is 5.75 Å². The SMILES string of the molecule is NC(=O)C(Cc1ccc(O)cc1)N1CC(N)CC1O. The number of amides is 1. The zero-order chi connectivity index (χ0) is 14.0. The van der Waals surface area contributed by atoms with Crippen LogP contribution in [-0.4, -0.2) is 45.9 Å². The van der Waals surface area contributed by atoms with Gasteiger partial charge >= 0.3 is 0 Å². The molecule has 0 bridgehead atoms. The van der Waals surface area contributed by atoms with Crippen LogP contribution in [0.1, 0.15) is 12.0 Å².